The molecule has 1 aliphatic rings. The van der Waals surface area contributed by atoms with E-state index < -0.39 is 5.54 Å². The maximum atomic E-state index is 12.4. The van der Waals surface area contributed by atoms with Gasteiger partial charge in [0, 0.05) is 24.5 Å². The van der Waals surface area contributed by atoms with Gasteiger partial charge in [-0.2, -0.15) is 0 Å². The van der Waals surface area contributed by atoms with Crippen molar-refractivity contribution in [3.05, 3.63) is 34.3 Å². The predicted molar refractivity (Wildman–Crippen MR) is 76.2 cm³/mol. The number of carbonyl (C=O) groups excluding carboxylic acids is 1. The first kappa shape index (κ1) is 13.3. The second-order valence-electron chi connectivity index (χ2n) is 5.42. The molecule has 3 rings (SSSR count). The summed E-state index contributed by atoms with van der Waals surface area (Å²) < 4.78 is 0. The molecule has 0 fully saturated rings. The number of hydrogen-bond donors (Lipinski definition) is 3. The van der Waals surface area contributed by atoms with E-state index in [0.29, 0.717) is 13.0 Å². The molecule has 0 aromatic carbocycles. The minimum atomic E-state index is -0.460. The van der Waals surface area contributed by atoms with Crippen molar-refractivity contribution < 1.29 is 4.79 Å². The Bertz CT molecular complexity index is 604. The SMILES string of the molecule is CC(C)(NC(=O)C1Cc2nc[nH]c2CN1)c1nccs1. The lowest BCUT2D eigenvalue weighted by atomic mass is 10.0. The highest BCUT2D eigenvalue weighted by molar-refractivity contribution is 7.09. The zero-order chi connectivity index (χ0) is 14.2. The fourth-order valence-corrected chi connectivity index (χ4v) is 3.05. The first-order valence-corrected chi connectivity index (χ1v) is 7.41. The van der Waals surface area contributed by atoms with E-state index in [9.17, 15) is 4.79 Å². The third-order valence-electron chi connectivity index (χ3n) is 3.45. The normalized spacial score (nSPS) is 18.6. The van der Waals surface area contributed by atoms with Gasteiger partial charge in [-0.1, -0.05) is 0 Å². The zero-order valence-electron chi connectivity index (χ0n) is 11.4. The van der Waals surface area contributed by atoms with E-state index in [-0.39, 0.29) is 11.9 Å². The number of fused-ring (bicyclic) bond motifs is 1. The molecule has 2 aromatic heterocycles. The van der Waals surface area contributed by atoms with E-state index in [1.165, 1.54) is 0 Å². The molecule has 106 valence electrons. The van der Waals surface area contributed by atoms with Gasteiger partial charge in [0.1, 0.15) is 5.01 Å². The summed E-state index contributed by atoms with van der Waals surface area (Å²) in [5.41, 5.74) is 1.57. The number of hydrogen-bond acceptors (Lipinski definition) is 5. The molecule has 20 heavy (non-hydrogen) atoms. The van der Waals surface area contributed by atoms with E-state index >= 15 is 0 Å². The molecule has 1 amide bonds. The maximum absolute atomic E-state index is 12.4. The molecule has 0 saturated heterocycles. The van der Waals surface area contributed by atoms with Gasteiger partial charge in [-0.05, 0) is 13.8 Å². The number of carbonyl (C=O) groups is 1. The van der Waals surface area contributed by atoms with Crippen LogP contribution in [0.5, 0.6) is 0 Å². The number of aromatic amines is 1. The summed E-state index contributed by atoms with van der Waals surface area (Å²) in [7, 11) is 0. The smallest absolute Gasteiger partial charge is 0.238 e. The number of nitrogens with one attached hydrogen (secondary N) is 3. The van der Waals surface area contributed by atoms with E-state index in [1.54, 1.807) is 23.9 Å². The van der Waals surface area contributed by atoms with Gasteiger partial charge >= 0.3 is 0 Å². The number of H-pyrrole nitrogens is 1. The summed E-state index contributed by atoms with van der Waals surface area (Å²) in [6.45, 7) is 4.57. The van der Waals surface area contributed by atoms with Crippen molar-refractivity contribution in [2.45, 2.75) is 38.4 Å². The number of amides is 1. The van der Waals surface area contributed by atoms with Gasteiger partial charge in [0.15, 0.2) is 0 Å². The first-order chi connectivity index (χ1) is 9.56. The number of aromatic nitrogens is 3. The van der Waals surface area contributed by atoms with Crippen LogP contribution in [-0.4, -0.2) is 26.9 Å². The van der Waals surface area contributed by atoms with Gasteiger partial charge in [0.05, 0.1) is 29.3 Å². The highest BCUT2D eigenvalue weighted by Gasteiger charge is 2.31. The maximum Gasteiger partial charge on any atom is 0.238 e. The molecule has 0 saturated carbocycles. The van der Waals surface area contributed by atoms with Crippen LogP contribution in [0.3, 0.4) is 0 Å². The molecule has 0 spiro atoms. The Morgan fingerprint density at radius 1 is 1.50 bits per heavy atom. The third kappa shape index (κ3) is 2.46. The molecule has 6 nitrogen and oxygen atoms in total. The summed E-state index contributed by atoms with van der Waals surface area (Å²) in [6.07, 6.45) is 4.04. The highest BCUT2D eigenvalue weighted by Crippen LogP contribution is 2.22. The van der Waals surface area contributed by atoms with Gasteiger partial charge < -0.3 is 10.3 Å². The average Bonchev–Trinajstić information content (AvgIpc) is 3.09. The van der Waals surface area contributed by atoms with E-state index in [0.717, 1.165) is 16.4 Å². The first-order valence-electron chi connectivity index (χ1n) is 6.53. The van der Waals surface area contributed by atoms with Gasteiger partial charge in [-0.25, -0.2) is 9.97 Å². The molecule has 3 heterocycles. The fourth-order valence-electron chi connectivity index (χ4n) is 2.34. The summed E-state index contributed by atoms with van der Waals surface area (Å²) in [6, 6.07) is -0.245. The lowest BCUT2D eigenvalue weighted by Crippen LogP contribution is -2.52. The minimum Gasteiger partial charge on any atom is -0.347 e. The molecule has 0 radical (unpaired) electrons. The topological polar surface area (TPSA) is 82.7 Å². The van der Waals surface area contributed by atoms with Crippen molar-refractivity contribution in [2.75, 3.05) is 0 Å². The number of nitrogens with zero attached hydrogens (tertiary/aromatic N) is 2. The van der Waals surface area contributed by atoms with Crippen molar-refractivity contribution in [3.8, 4) is 0 Å². The van der Waals surface area contributed by atoms with E-state index in [4.69, 9.17) is 0 Å². The number of thiazole rings is 1. The molecule has 1 unspecified atom stereocenters. The van der Waals surface area contributed by atoms with Crippen molar-refractivity contribution in [3.63, 3.8) is 0 Å². The quantitative estimate of drug-likeness (QED) is 0.786. The average molecular weight is 291 g/mol. The van der Waals surface area contributed by atoms with Gasteiger partial charge in [-0.15, -0.1) is 11.3 Å². The molecule has 2 aromatic rings. The minimum absolute atomic E-state index is 0.0150. The van der Waals surface area contributed by atoms with Gasteiger partial charge in [-0.3, -0.25) is 10.1 Å². The standard InChI is InChI=1S/C13H17N5OS/c1-13(2,12-14-3-4-20-12)18-11(19)9-5-8-10(6-15-9)17-7-16-8/h3-4,7,9,15H,5-6H2,1-2H3,(H,16,17)(H,18,19). The van der Waals surface area contributed by atoms with Crippen LogP contribution < -0.4 is 10.6 Å². The molecule has 0 aliphatic carbocycles. The highest BCUT2D eigenvalue weighted by atomic mass is 32.1. The molecule has 7 heteroatoms. The van der Waals surface area contributed by atoms with Crippen LogP contribution in [0.15, 0.2) is 17.9 Å². The molecule has 1 aliphatic heterocycles. The summed E-state index contributed by atoms with van der Waals surface area (Å²) in [4.78, 5) is 24.0. The van der Waals surface area contributed by atoms with Crippen LogP contribution in [0.4, 0.5) is 0 Å². The van der Waals surface area contributed by atoms with Crippen molar-refractivity contribution in [2.24, 2.45) is 0 Å². The van der Waals surface area contributed by atoms with E-state index in [2.05, 4.69) is 25.6 Å². The van der Waals surface area contributed by atoms with E-state index in [1.807, 2.05) is 19.2 Å². The largest absolute Gasteiger partial charge is 0.347 e. The summed E-state index contributed by atoms with van der Waals surface area (Å²) >= 11 is 1.54. The molecule has 1 atom stereocenters. The van der Waals surface area contributed by atoms with Crippen molar-refractivity contribution >= 4 is 17.2 Å². The zero-order valence-corrected chi connectivity index (χ0v) is 12.3. The molecule has 0 bridgehead atoms. The van der Waals surface area contributed by atoms with Crippen LogP contribution in [0.25, 0.3) is 0 Å². The van der Waals surface area contributed by atoms with Crippen LogP contribution in [0.2, 0.25) is 0 Å². The Morgan fingerprint density at radius 2 is 2.35 bits per heavy atom. The van der Waals surface area contributed by atoms with Crippen molar-refractivity contribution in [1.29, 1.82) is 0 Å². The lowest BCUT2D eigenvalue weighted by Gasteiger charge is -2.28. The predicted octanol–water partition coefficient (Wildman–Crippen LogP) is 0.932. The van der Waals surface area contributed by atoms with Crippen molar-refractivity contribution in [1.82, 2.24) is 25.6 Å². The Balaban J connectivity index is 1.69. The number of rotatable bonds is 3. The molecular formula is C13H17N5OS. The summed E-state index contributed by atoms with van der Waals surface area (Å²) in [5.74, 6) is -0.0150. The Labute approximate surface area is 121 Å². The second kappa shape index (κ2) is 4.99. The number of imidazole rings is 1. The van der Waals surface area contributed by atoms with Crippen LogP contribution in [0, 0.1) is 0 Å². The fraction of sp³-hybridized carbons (Fsp3) is 0.462. The Kier molecular flexibility index (Phi) is 3.31. The van der Waals surface area contributed by atoms with Crippen LogP contribution in [0.1, 0.15) is 30.2 Å². The Morgan fingerprint density at radius 3 is 3.10 bits per heavy atom. The Hall–Kier alpha value is -1.73. The molecule has 3 N–H and O–H groups in total. The lowest BCUT2D eigenvalue weighted by molar-refractivity contribution is -0.125. The summed E-state index contributed by atoms with van der Waals surface area (Å²) in [5, 5.41) is 9.11. The van der Waals surface area contributed by atoms with Crippen LogP contribution >= 0.6 is 11.3 Å². The third-order valence-corrected chi connectivity index (χ3v) is 4.55. The van der Waals surface area contributed by atoms with Crippen LogP contribution in [-0.2, 0) is 23.3 Å². The monoisotopic (exact) mass is 291 g/mol. The van der Waals surface area contributed by atoms with Gasteiger partial charge in [0.2, 0.25) is 5.91 Å². The molecular weight excluding hydrogens is 274 g/mol. The second-order valence-corrected chi connectivity index (χ2v) is 6.31. The van der Waals surface area contributed by atoms with Gasteiger partial charge in [0.25, 0.3) is 0 Å².